The van der Waals surface area contributed by atoms with E-state index in [9.17, 15) is 9.50 Å². The standard InChI is InChI=1S/C16H17FOS/c17-13-7-5-11(6-8-13)9-14(18)16-10-12-3-1-2-4-15(12)19-16/h5-8,10,14,18H,1-4,9H2. The van der Waals surface area contributed by atoms with Crippen LogP contribution in [0.5, 0.6) is 0 Å². The third-order valence-electron chi connectivity index (χ3n) is 3.69. The molecule has 100 valence electrons. The van der Waals surface area contributed by atoms with Gasteiger partial charge >= 0.3 is 0 Å². The first-order chi connectivity index (χ1) is 9.22. The number of aliphatic hydroxyl groups is 1. The van der Waals surface area contributed by atoms with Gasteiger partial charge in [0.15, 0.2) is 0 Å². The first-order valence-corrected chi connectivity index (χ1v) is 7.58. The van der Waals surface area contributed by atoms with Gasteiger partial charge in [-0.15, -0.1) is 11.3 Å². The second kappa shape index (κ2) is 5.43. The highest BCUT2D eigenvalue weighted by molar-refractivity contribution is 7.12. The summed E-state index contributed by atoms with van der Waals surface area (Å²) in [6.45, 7) is 0. The molecular weight excluding hydrogens is 259 g/mol. The van der Waals surface area contributed by atoms with Crippen molar-refractivity contribution in [2.75, 3.05) is 0 Å². The van der Waals surface area contributed by atoms with Crippen molar-refractivity contribution < 1.29 is 9.50 Å². The zero-order valence-electron chi connectivity index (χ0n) is 10.7. The van der Waals surface area contributed by atoms with E-state index in [-0.39, 0.29) is 5.82 Å². The molecule has 3 rings (SSSR count). The van der Waals surface area contributed by atoms with Crippen LogP contribution in [0.2, 0.25) is 0 Å². The lowest BCUT2D eigenvalue weighted by molar-refractivity contribution is 0.182. The van der Waals surface area contributed by atoms with Crippen LogP contribution in [-0.4, -0.2) is 5.11 Å². The average molecular weight is 276 g/mol. The highest BCUT2D eigenvalue weighted by atomic mass is 32.1. The maximum Gasteiger partial charge on any atom is 0.123 e. The highest BCUT2D eigenvalue weighted by Gasteiger charge is 2.17. The Hall–Kier alpha value is -1.19. The quantitative estimate of drug-likeness (QED) is 0.897. The smallest absolute Gasteiger partial charge is 0.123 e. The summed E-state index contributed by atoms with van der Waals surface area (Å²) in [5.74, 6) is -0.232. The van der Waals surface area contributed by atoms with Crippen molar-refractivity contribution in [3.63, 3.8) is 0 Å². The lowest BCUT2D eigenvalue weighted by Gasteiger charge is -2.08. The van der Waals surface area contributed by atoms with Gasteiger partial charge in [0, 0.05) is 16.2 Å². The normalized spacial score (nSPS) is 16.1. The van der Waals surface area contributed by atoms with Crippen molar-refractivity contribution in [3.05, 3.63) is 57.0 Å². The number of aliphatic hydroxyl groups excluding tert-OH is 1. The van der Waals surface area contributed by atoms with E-state index in [0.29, 0.717) is 6.42 Å². The minimum atomic E-state index is -0.471. The second-order valence-electron chi connectivity index (χ2n) is 5.15. The maximum atomic E-state index is 12.8. The molecule has 1 N–H and O–H groups in total. The topological polar surface area (TPSA) is 20.2 Å². The number of fused-ring (bicyclic) bond motifs is 1. The molecule has 0 amide bonds. The van der Waals surface area contributed by atoms with Crippen LogP contribution < -0.4 is 0 Å². The predicted octanol–water partition coefficient (Wildman–Crippen LogP) is 4.04. The van der Waals surface area contributed by atoms with Crippen LogP contribution in [0.15, 0.2) is 30.3 Å². The van der Waals surface area contributed by atoms with Gasteiger partial charge in [-0.2, -0.15) is 0 Å². The van der Waals surface area contributed by atoms with Crippen LogP contribution >= 0.6 is 11.3 Å². The third kappa shape index (κ3) is 2.88. The van der Waals surface area contributed by atoms with E-state index in [0.717, 1.165) is 23.3 Å². The van der Waals surface area contributed by atoms with Crippen LogP contribution in [0.25, 0.3) is 0 Å². The van der Waals surface area contributed by atoms with E-state index in [2.05, 4.69) is 6.07 Å². The number of aryl methyl sites for hydroxylation is 2. The summed E-state index contributed by atoms with van der Waals surface area (Å²) in [4.78, 5) is 2.50. The molecule has 2 aromatic rings. The predicted molar refractivity (Wildman–Crippen MR) is 76.0 cm³/mol. The number of hydrogen-bond donors (Lipinski definition) is 1. The van der Waals surface area contributed by atoms with Crippen LogP contribution in [0.1, 0.15) is 39.8 Å². The molecule has 0 bridgehead atoms. The highest BCUT2D eigenvalue weighted by Crippen LogP contribution is 2.33. The summed E-state index contributed by atoms with van der Waals surface area (Å²) in [5, 5.41) is 10.3. The van der Waals surface area contributed by atoms with Gasteiger partial charge in [0.05, 0.1) is 6.10 Å². The Morgan fingerprint density at radius 2 is 1.89 bits per heavy atom. The molecule has 0 saturated carbocycles. The van der Waals surface area contributed by atoms with E-state index in [4.69, 9.17) is 0 Å². The molecule has 1 unspecified atom stereocenters. The fraction of sp³-hybridized carbons (Fsp3) is 0.375. The molecule has 3 heteroatoms. The Bertz CT molecular complexity index is 535. The van der Waals surface area contributed by atoms with Gasteiger partial charge in [-0.3, -0.25) is 0 Å². The summed E-state index contributed by atoms with van der Waals surface area (Å²) in [6, 6.07) is 8.54. The fourth-order valence-electron chi connectivity index (χ4n) is 2.62. The summed E-state index contributed by atoms with van der Waals surface area (Å²) < 4.78 is 12.8. The van der Waals surface area contributed by atoms with Gasteiger partial charge in [0.2, 0.25) is 0 Å². The lowest BCUT2D eigenvalue weighted by Crippen LogP contribution is -1.99. The third-order valence-corrected chi connectivity index (χ3v) is 5.02. The Morgan fingerprint density at radius 3 is 2.63 bits per heavy atom. The van der Waals surface area contributed by atoms with Crippen molar-refractivity contribution >= 4 is 11.3 Å². The van der Waals surface area contributed by atoms with Gasteiger partial charge in [-0.25, -0.2) is 4.39 Å². The molecule has 1 aromatic carbocycles. The van der Waals surface area contributed by atoms with Gasteiger partial charge < -0.3 is 5.11 Å². The SMILES string of the molecule is OC(Cc1ccc(F)cc1)c1cc2c(s1)CCCC2. The molecular formula is C16H17FOS. The Morgan fingerprint density at radius 1 is 1.16 bits per heavy atom. The molecule has 0 saturated heterocycles. The minimum Gasteiger partial charge on any atom is -0.387 e. The van der Waals surface area contributed by atoms with E-state index in [1.165, 1.54) is 35.4 Å². The number of hydrogen-bond acceptors (Lipinski definition) is 2. The van der Waals surface area contributed by atoms with Crippen molar-refractivity contribution in [3.8, 4) is 0 Å². The average Bonchev–Trinajstić information content (AvgIpc) is 2.85. The van der Waals surface area contributed by atoms with E-state index < -0.39 is 6.10 Å². The van der Waals surface area contributed by atoms with Crippen molar-refractivity contribution in [2.45, 2.75) is 38.2 Å². The molecule has 1 aliphatic carbocycles. The van der Waals surface area contributed by atoms with E-state index >= 15 is 0 Å². The first-order valence-electron chi connectivity index (χ1n) is 6.76. The van der Waals surface area contributed by atoms with Crippen LogP contribution in [-0.2, 0) is 19.3 Å². The summed E-state index contributed by atoms with van der Waals surface area (Å²) in [5.41, 5.74) is 2.39. The van der Waals surface area contributed by atoms with Crippen molar-refractivity contribution in [2.24, 2.45) is 0 Å². The molecule has 0 spiro atoms. The number of thiophene rings is 1. The fourth-order valence-corrected chi connectivity index (χ4v) is 3.87. The number of benzene rings is 1. The van der Waals surface area contributed by atoms with Crippen LogP contribution in [0.3, 0.4) is 0 Å². The molecule has 1 atom stereocenters. The molecule has 1 heterocycles. The zero-order chi connectivity index (χ0) is 13.2. The molecule has 0 aliphatic heterocycles. The second-order valence-corrected chi connectivity index (χ2v) is 6.32. The van der Waals surface area contributed by atoms with Crippen molar-refractivity contribution in [1.82, 2.24) is 0 Å². The monoisotopic (exact) mass is 276 g/mol. The van der Waals surface area contributed by atoms with Gasteiger partial charge in [-0.05, 0) is 55.0 Å². The molecule has 19 heavy (non-hydrogen) atoms. The van der Waals surface area contributed by atoms with Crippen LogP contribution in [0.4, 0.5) is 4.39 Å². The largest absolute Gasteiger partial charge is 0.387 e. The zero-order valence-corrected chi connectivity index (χ0v) is 11.5. The maximum absolute atomic E-state index is 12.8. The minimum absolute atomic E-state index is 0.232. The van der Waals surface area contributed by atoms with Crippen molar-refractivity contribution in [1.29, 1.82) is 0 Å². The number of halogens is 1. The Balaban J connectivity index is 1.74. The van der Waals surface area contributed by atoms with Gasteiger partial charge in [-0.1, -0.05) is 12.1 Å². The first kappa shape index (κ1) is 12.8. The molecule has 0 radical (unpaired) electrons. The Labute approximate surface area is 116 Å². The molecule has 0 fully saturated rings. The molecule has 1 aromatic heterocycles. The van der Waals surface area contributed by atoms with Gasteiger partial charge in [0.25, 0.3) is 0 Å². The molecule has 1 nitrogen and oxygen atoms in total. The Kier molecular flexibility index (Phi) is 3.67. The van der Waals surface area contributed by atoms with Crippen LogP contribution in [0, 0.1) is 5.82 Å². The molecule has 1 aliphatic rings. The van der Waals surface area contributed by atoms with Gasteiger partial charge in [0.1, 0.15) is 5.82 Å². The lowest BCUT2D eigenvalue weighted by atomic mass is 9.98. The summed E-state index contributed by atoms with van der Waals surface area (Å²) >= 11 is 1.74. The number of rotatable bonds is 3. The van der Waals surface area contributed by atoms with E-state index in [1.54, 1.807) is 23.5 Å². The summed E-state index contributed by atoms with van der Waals surface area (Å²) in [6.07, 6.45) is 4.91. The summed E-state index contributed by atoms with van der Waals surface area (Å²) in [7, 11) is 0. The van der Waals surface area contributed by atoms with E-state index in [1.807, 2.05) is 0 Å².